The van der Waals surface area contributed by atoms with Crippen molar-refractivity contribution in [2.75, 3.05) is 20.2 Å². The van der Waals surface area contributed by atoms with Crippen LogP contribution in [0.2, 0.25) is 0 Å². The highest BCUT2D eigenvalue weighted by molar-refractivity contribution is 5.94. The van der Waals surface area contributed by atoms with E-state index in [2.05, 4.69) is 10.1 Å². The summed E-state index contributed by atoms with van der Waals surface area (Å²) in [5, 5.41) is 2.91. The Hall–Kier alpha value is -3.15. The summed E-state index contributed by atoms with van der Waals surface area (Å²) in [6.45, 7) is 1.82. The molecule has 0 aromatic heterocycles. The molecule has 6 nitrogen and oxygen atoms in total. The van der Waals surface area contributed by atoms with Crippen molar-refractivity contribution >= 4 is 17.8 Å². The minimum absolute atomic E-state index is 0.138. The Morgan fingerprint density at radius 1 is 1.07 bits per heavy atom. The van der Waals surface area contributed by atoms with Gasteiger partial charge in [0.05, 0.1) is 12.7 Å². The fourth-order valence-corrected chi connectivity index (χ4v) is 3.25. The van der Waals surface area contributed by atoms with Gasteiger partial charge < -0.3 is 15.0 Å². The summed E-state index contributed by atoms with van der Waals surface area (Å²) in [5.74, 6) is -0.329. The van der Waals surface area contributed by atoms with Gasteiger partial charge in [-0.1, -0.05) is 24.3 Å². The monoisotopic (exact) mass is 380 g/mol. The number of amides is 2. The molecule has 1 saturated heterocycles. The molecule has 2 amide bonds. The zero-order chi connectivity index (χ0) is 19.9. The minimum atomic E-state index is -0.365. The number of nitrogens with one attached hydrogen (secondary N) is 1. The third kappa shape index (κ3) is 4.97. The van der Waals surface area contributed by atoms with Crippen LogP contribution in [0.5, 0.6) is 0 Å². The van der Waals surface area contributed by atoms with Gasteiger partial charge in [0.25, 0.3) is 5.91 Å². The Morgan fingerprint density at radius 3 is 2.54 bits per heavy atom. The van der Waals surface area contributed by atoms with Crippen molar-refractivity contribution in [3.8, 4) is 0 Å². The lowest BCUT2D eigenvalue weighted by Crippen LogP contribution is -2.26. The molecule has 0 aliphatic carbocycles. The SMILES string of the molecule is COC(=O)c1ccc(CCNC(=O)c2cccc(CN3CCCC3=O)c2)cc1. The van der Waals surface area contributed by atoms with Crippen LogP contribution in [0, 0.1) is 0 Å². The van der Waals surface area contributed by atoms with E-state index in [0.29, 0.717) is 37.1 Å². The first-order chi connectivity index (χ1) is 13.6. The van der Waals surface area contributed by atoms with Gasteiger partial charge >= 0.3 is 5.97 Å². The molecular formula is C22H24N2O4. The van der Waals surface area contributed by atoms with Crippen LogP contribution < -0.4 is 5.32 Å². The van der Waals surface area contributed by atoms with E-state index >= 15 is 0 Å². The smallest absolute Gasteiger partial charge is 0.337 e. The van der Waals surface area contributed by atoms with Crippen molar-refractivity contribution in [2.45, 2.75) is 25.8 Å². The first kappa shape index (κ1) is 19.6. The number of carbonyl (C=O) groups excluding carboxylic acids is 3. The first-order valence-corrected chi connectivity index (χ1v) is 9.39. The predicted octanol–water partition coefficient (Wildman–Crippen LogP) is 2.57. The number of carbonyl (C=O) groups is 3. The van der Waals surface area contributed by atoms with Crippen LogP contribution in [0.15, 0.2) is 48.5 Å². The Labute approximate surface area is 164 Å². The summed E-state index contributed by atoms with van der Waals surface area (Å²) in [7, 11) is 1.35. The minimum Gasteiger partial charge on any atom is -0.465 e. The highest BCUT2D eigenvalue weighted by Crippen LogP contribution is 2.15. The number of hydrogen-bond acceptors (Lipinski definition) is 4. The standard InChI is InChI=1S/C22H24N2O4/c1-28-22(27)18-9-7-16(8-10-18)11-12-23-21(26)19-5-2-4-17(14-19)15-24-13-3-6-20(24)25/h2,4-5,7-10,14H,3,6,11-13,15H2,1H3,(H,23,26). The highest BCUT2D eigenvalue weighted by Gasteiger charge is 2.20. The van der Waals surface area contributed by atoms with E-state index in [1.54, 1.807) is 18.2 Å². The molecule has 0 atom stereocenters. The molecule has 2 aromatic rings. The topological polar surface area (TPSA) is 75.7 Å². The van der Waals surface area contributed by atoms with E-state index < -0.39 is 0 Å². The lowest BCUT2D eigenvalue weighted by molar-refractivity contribution is -0.128. The van der Waals surface area contributed by atoms with Gasteiger partial charge in [-0.15, -0.1) is 0 Å². The van der Waals surface area contributed by atoms with Crippen LogP contribution in [-0.4, -0.2) is 42.9 Å². The zero-order valence-electron chi connectivity index (χ0n) is 15.9. The van der Waals surface area contributed by atoms with Gasteiger partial charge in [-0.05, 0) is 48.2 Å². The van der Waals surface area contributed by atoms with Crippen molar-refractivity contribution in [3.63, 3.8) is 0 Å². The molecular weight excluding hydrogens is 356 g/mol. The first-order valence-electron chi connectivity index (χ1n) is 9.39. The van der Waals surface area contributed by atoms with Crippen molar-refractivity contribution in [1.82, 2.24) is 10.2 Å². The number of likely N-dealkylation sites (tertiary alicyclic amines) is 1. The van der Waals surface area contributed by atoms with Crippen molar-refractivity contribution in [2.24, 2.45) is 0 Å². The molecule has 1 N–H and O–H groups in total. The number of esters is 1. The number of methoxy groups -OCH3 is 1. The molecule has 1 heterocycles. The van der Waals surface area contributed by atoms with E-state index in [9.17, 15) is 14.4 Å². The summed E-state index contributed by atoms with van der Waals surface area (Å²) in [6.07, 6.45) is 2.18. The average Bonchev–Trinajstić information content (AvgIpc) is 3.12. The third-order valence-corrected chi connectivity index (χ3v) is 4.81. The summed E-state index contributed by atoms with van der Waals surface area (Å²) in [5.41, 5.74) is 3.07. The molecule has 1 aliphatic heterocycles. The van der Waals surface area contributed by atoms with Crippen molar-refractivity contribution < 1.29 is 19.1 Å². The van der Waals surface area contributed by atoms with E-state index in [-0.39, 0.29) is 17.8 Å². The predicted molar refractivity (Wildman–Crippen MR) is 105 cm³/mol. The Kier molecular flexibility index (Phi) is 6.42. The molecule has 6 heteroatoms. The average molecular weight is 380 g/mol. The second kappa shape index (κ2) is 9.17. The summed E-state index contributed by atoms with van der Waals surface area (Å²) >= 11 is 0. The summed E-state index contributed by atoms with van der Waals surface area (Å²) < 4.78 is 4.68. The van der Waals surface area contributed by atoms with E-state index in [1.165, 1.54) is 7.11 Å². The molecule has 0 saturated carbocycles. The van der Waals surface area contributed by atoms with Gasteiger partial charge in [0.1, 0.15) is 0 Å². The molecule has 0 bridgehead atoms. The number of rotatable bonds is 7. The van der Waals surface area contributed by atoms with Crippen LogP contribution in [0.4, 0.5) is 0 Å². The molecule has 2 aromatic carbocycles. The maximum Gasteiger partial charge on any atom is 0.337 e. The lowest BCUT2D eigenvalue weighted by Gasteiger charge is -2.16. The molecule has 1 aliphatic rings. The number of ether oxygens (including phenoxy) is 1. The quantitative estimate of drug-likeness (QED) is 0.749. The molecule has 146 valence electrons. The number of nitrogens with zero attached hydrogens (tertiary/aromatic N) is 1. The van der Waals surface area contributed by atoms with Crippen LogP contribution >= 0.6 is 0 Å². The Morgan fingerprint density at radius 2 is 1.86 bits per heavy atom. The van der Waals surface area contributed by atoms with Gasteiger partial charge in [0, 0.05) is 31.6 Å². The summed E-state index contributed by atoms with van der Waals surface area (Å²) in [4.78, 5) is 37.5. The second-order valence-electron chi connectivity index (χ2n) is 6.81. The van der Waals surface area contributed by atoms with Crippen LogP contribution in [-0.2, 0) is 22.5 Å². The zero-order valence-corrected chi connectivity index (χ0v) is 15.9. The van der Waals surface area contributed by atoms with E-state index in [1.807, 2.05) is 35.2 Å². The van der Waals surface area contributed by atoms with E-state index in [0.717, 1.165) is 24.1 Å². The third-order valence-electron chi connectivity index (χ3n) is 4.81. The maximum atomic E-state index is 12.4. The molecule has 3 rings (SSSR count). The van der Waals surface area contributed by atoms with E-state index in [4.69, 9.17) is 0 Å². The fraction of sp³-hybridized carbons (Fsp3) is 0.318. The Balaban J connectivity index is 1.51. The second-order valence-corrected chi connectivity index (χ2v) is 6.81. The molecule has 0 unspecified atom stereocenters. The van der Waals surface area contributed by atoms with Crippen molar-refractivity contribution in [1.29, 1.82) is 0 Å². The largest absolute Gasteiger partial charge is 0.465 e. The molecule has 28 heavy (non-hydrogen) atoms. The molecule has 1 fully saturated rings. The summed E-state index contributed by atoms with van der Waals surface area (Å²) in [6, 6.07) is 14.5. The van der Waals surface area contributed by atoms with Gasteiger partial charge in [-0.2, -0.15) is 0 Å². The fourth-order valence-electron chi connectivity index (χ4n) is 3.25. The van der Waals surface area contributed by atoms with Crippen LogP contribution in [0.3, 0.4) is 0 Å². The van der Waals surface area contributed by atoms with Gasteiger partial charge in [-0.25, -0.2) is 4.79 Å². The number of benzene rings is 2. The lowest BCUT2D eigenvalue weighted by atomic mass is 10.1. The Bertz CT molecular complexity index is 861. The van der Waals surface area contributed by atoms with Crippen molar-refractivity contribution in [3.05, 3.63) is 70.8 Å². The van der Waals surface area contributed by atoms with Gasteiger partial charge in [-0.3, -0.25) is 9.59 Å². The number of hydrogen-bond donors (Lipinski definition) is 1. The van der Waals surface area contributed by atoms with Gasteiger partial charge in [0.2, 0.25) is 5.91 Å². The molecule has 0 radical (unpaired) electrons. The highest BCUT2D eigenvalue weighted by atomic mass is 16.5. The normalized spacial score (nSPS) is 13.5. The van der Waals surface area contributed by atoms with Crippen LogP contribution in [0.25, 0.3) is 0 Å². The van der Waals surface area contributed by atoms with Crippen LogP contribution in [0.1, 0.15) is 44.7 Å². The van der Waals surface area contributed by atoms with Gasteiger partial charge in [0.15, 0.2) is 0 Å². The molecule has 0 spiro atoms. The maximum absolute atomic E-state index is 12.4.